The first-order valence-corrected chi connectivity index (χ1v) is 4.87. The van der Waals surface area contributed by atoms with Crippen molar-refractivity contribution in [3.05, 3.63) is 23.3 Å². The highest BCUT2D eigenvalue weighted by atomic mass is 16.2. The van der Waals surface area contributed by atoms with E-state index in [1.54, 1.807) is 0 Å². The van der Waals surface area contributed by atoms with E-state index in [0.717, 1.165) is 12.8 Å². The van der Waals surface area contributed by atoms with E-state index in [9.17, 15) is 0 Å². The molecule has 3 heteroatoms. The lowest BCUT2D eigenvalue weighted by atomic mass is 10.1. The minimum absolute atomic E-state index is 0.167. The molecule has 0 bridgehead atoms. The Labute approximate surface area is 91.5 Å². The van der Waals surface area contributed by atoms with E-state index in [1.165, 1.54) is 11.1 Å². The van der Waals surface area contributed by atoms with Crippen LogP contribution in [0.5, 0.6) is 0 Å². The smallest absolute Gasteiger partial charge is 0.182 e. The lowest BCUT2D eigenvalue weighted by molar-refractivity contribution is -0.122. The summed E-state index contributed by atoms with van der Waals surface area (Å²) in [7, 11) is 0. The number of aliphatic hydroxyl groups is 1. The summed E-state index contributed by atoms with van der Waals surface area (Å²) >= 11 is 0. The molecule has 0 saturated heterocycles. The van der Waals surface area contributed by atoms with Crippen LogP contribution in [0.15, 0.2) is 23.3 Å². The van der Waals surface area contributed by atoms with Crippen molar-refractivity contribution in [2.75, 3.05) is 6.61 Å². The number of hydrogen-bond donors (Lipinski definition) is 1. The third-order valence-corrected chi connectivity index (χ3v) is 1.59. The third-order valence-electron chi connectivity index (χ3n) is 1.59. The van der Waals surface area contributed by atoms with E-state index in [0.29, 0.717) is 0 Å². The molecule has 0 aliphatic carbocycles. The van der Waals surface area contributed by atoms with Crippen molar-refractivity contribution in [1.82, 2.24) is 0 Å². The van der Waals surface area contributed by atoms with Crippen molar-refractivity contribution in [2.45, 2.75) is 33.6 Å². The normalized spacial score (nSPS) is 9.73. The first-order valence-electron chi connectivity index (χ1n) is 4.87. The van der Waals surface area contributed by atoms with Gasteiger partial charge in [0, 0.05) is 0 Å². The fraction of sp³-hybridized carbons (Fsp3) is 0.500. The average molecular weight is 212 g/mol. The van der Waals surface area contributed by atoms with Crippen LogP contribution in [0.25, 0.3) is 0 Å². The molecule has 0 unspecified atom stereocenters. The zero-order valence-electron chi connectivity index (χ0n) is 9.69. The van der Waals surface area contributed by atoms with Crippen LogP contribution in [0.1, 0.15) is 33.6 Å². The molecular weight excluding hydrogens is 192 g/mol. The second-order valence-corrected chi connectivity index (χ2v) is 3.33. The van der Waals surface area contributed by atoms with Gasteiger partial charge in [-0.2, -0.15) is 0 Å². The second-order valence-electron chi connectivity index (χ2n) is 3.33. The van der Waals surface area contributed by atoms with Crippen molar-refractivity contribution in [1.29, 1.82) is 0 Å². The topological polar surface area (TPSA) is 54.4 Å². The van der Waals surface area contributed by atoms with Crippen LogP contribution in [0.3, 0.4) is 0 Å². The number of allylic oxidation sites excluding steroid dienone is 3. The molecule has 3 nitrogen and oxygen atoms in total. The molecule has 0 radical (unpaired) electrons. The standard InChI is InChI=1S/C10H18O.C2H2O2/c1-9(2)5-4-6-10(3)7-8-11;3-1-2-4/h5,7,11H,4,6,8H2,1-3H3;1-2H/b10-7+;. The molecule has 0 atom stereocenters. The van der Waals surface area contributed by atoms with Crippen LogP contribution in [0.4, 0.5) is 0 Å². The monoisotopic (exact) mass is 212 g/mol. The SMILES string of the molecule is CC(C)=CCC/C(C)=C/CO.O=CC=O. The first kappa shape index (κ1) is 16.2. The first-order chi connectivity index (χ1) is 7.08. The van der Waals surface area contributed by atoms with Crippen molar-refractivity contribution in [2.24, 2.45) is 0 Å². The highest BCUT2D eigenvalue weighted by Gasteiger charge is 1.86. The Bertz CT molecular complexity index is 217. The van der Waals surface area contributed by atoms with Gasteiger partial charge >= 0.3 is 0 Å². The van der Waals surface area contributed by atoms with Crippen LogP contribution >= 0.6 is 0 Å². The van der Waals surface area contributed by atoms with Gasteiger partial charge in [0.2, 0.25) is 0 Å². The number of hydrogen-bond acceptors (Lipinski definition) is 3. The van der Waals surface area contributed by atoms with Gasteiger partial charge in [-0.15, -0.1) is 0 Å². The van der Waals surface area contributed by atoms with Crippen LogP contribution in [0.2, 0.25) is 0 Å². The molecule has 0 aromatic rings. The third kappa shape index (κ3) is 19.3. The number of carbonyl (C=O) groups excluding carboxylic acids is 2. The Morgan fingerprint density at radius 3 is 1.93 bits per heavy atom. The summed E-state index contributed by atoms with van der Waals surface area (Å²) in [5, 5.41) is 8.55. The predicted molar refractivity (Wildman–Crippen MR) is 61.6 cm³/mol. The minimum Gasteiger partial charge on any atom is -0.392 e. The molecule has 0 saturated carbocycles. The van der Waals surface area contributed by atoms with Gasteiger partial charge in [-0.3, -0.25) is 9.59 Å². The quantitative estimate of drug-likeness (QED) is 0.431. The molecule has 0 aliphatic heterocycles. The summed E-state index contributed by atoms with van der Waals surface area (Å²) < 4.78 is 0. The number of carbonyl (C=O) groups is 2. The summed E-state index contributed by atoms with van der Waals surface area (Å²) in [6.07, 6.45) is 6.62. The Kier molecular flexibility index (Phi) is 13.8. The molecule has 0 amide bonds. The van der Waals surface area contributed by atoms with Crippen molar-refractivity contribution < 1.29 is 14.7 Å². The molecule has 0 aliphatic rings. The molecule has 0 rings (SSSR count). The lowest BCUT2D eigenvalue weighted by Gasteiger charge is -1.96. The summed E-state index contributed by atoms with van der Waals surface area (Å²) in [6, 6.07) is 0. The summed E-state index contributed by atoms with van der Waals surface area (Å²) in [5.41, 5.74) is 2.63. The van der Waals surface area contributed by atoms with Gasteiger partial charge < -0.3 is 5.11 Å². The Hall–Kier alpha value is -1.22. The van der Waals surface area contributed by atoms with Crippen LogP contribution in [-0.2, 0) is 9.59 Å². The van der Waals surface area contributed by atoms with Gasteiger partial charge in [0.15, 0.2) is 12.6 Å². The lowest BCUT2D eigenvalue weighted by Crippen LogP contribution is -1.80. The van der Waals surface area contributed by atoms with Crippen LogP contribution in [-0.4, -0.2) is 24.3 Å². The zero-order valence-corrected chi connectivity index (χ0v) is 9.69. The molecule has 86 valence electrons. The average Bonchev–Trinajstić information content (AvgIpc) is 2.18. The molecule has 0 heterocycles. The van der Waals surface area contributed by atoms with E-state index in [4.69, 9.17) is 14.7 Å². The minimum atomic E-state index is 0.167. The molecule has 15 heavy (non-hydrogen) atoms. The number of aldehydes is 2. The summed E-state index contributed by atoms with van der Waals surface area (Å²) in [5.74, 6) is 0. The maximum absolute atomic E-state index is 8.81. The van der Waals surface area contributed by atoms with E-state index >= 15 is 0 Å². The maximum atomic E-state index is 8.81. The summed E-state index contributed by atoms with van der Waals surface area (Å²) in [4.78, 5) is 17.6. The van der Waals surface area contributed by atoms with Gasteiger partial charge in [-0.05, 0) is 33.6 Å². The Morgan fingerprint density at radius 1 is 1.07 bits per heavy atom. The van der Waals surface area contributed by atoms with E-state index in [-0.39, 0.29) is 19.2 Å². The van der Waals surface area contributed by atoms with Crippen molar-refractivity contribution in [3.8, 4) is 0 Å². The van der Waals surface area contributed by atoms with Crippen molar-refractivity contribution in [3.63, 3.8) is 0 Å². The predicted octanol–water partition coefficient (Wildman–Crippen LogP) is 2.06. The molecule has 1 N–H and O–H groups in total. The number of rotatable bonds is 5. The summed E-state index contributed by atoms with van der Waals surface area (Å²) in [6.45, 7) is 6.42. The fourth-order valence-corrected chi connectivity index (χ4v) is 0.846. The molecule has 0 fully saturated rings. The maximum Gasteiger partial charge on any atom is 0.182 e. The Balaban J connectivity index is 0. The van der Waals surface area contributed by atoms with Crippen molar-refractivity contribution >= 4 is 12.6 Å². The van der Waals surface area contributed by atoms with E-state index in [1.807, 2.05) is 6.08 Å². The van der Waals surface area contributed by atoms with Gasteiger partial charge in [-0.1, -0.05) is 23.3 Å². The van der Waals surface area contributed by atoms with E-state index in [2.05, 4.69) is 26.8 Å². The molecule has 0 aromatic heterocycles. The van der Waals surface area contributed by atoms with Gasteiger partial charge in [0.05, 0.1) is 6.61 Å². The van der Waals surface area contributed by atoms with Gasteiger partial charge in [-0.25, -0.2) is 0 Å². The van der Waals surface area contributed by atoms with Gasteiger partial charge in [0.1, 0.15) is 0 Å². The van der Waals surface area contributed by atoms with Gasteiger partial charge in [0.25, 0.3) is 0 Å². The van der Waals surface area contributed by atoms with E-state index < -0.39 is 0 Å². The zero-order chi connectivity index (χ0) is 12.1. The van der Waals surface area contributed by atoms with Crippen LogP contribution in [0, 0.1) is 0 Å². The van der Waals surface area contributed by atoms with Crippen LogP contribution < -0.4 is 0 Å². The molecule has 0 aromatic carbocycles. The largest absolute Gasteiger partial charge is 0.392 e. The fourth-order valence-electron chi connectivity index (χ4n) is 0.846. The second kappa shape index (κ2) is 12.8. The highest BCUT2D eigenvalue weighted by Crippen LogP contribution is 2.05. The molecular formula is C12H20O3. The molecule has 0 spiro atoms. The highest BCUT2D eigenvalue weighted by molar-refractivity contribution is 6.09. The number of aliphatic hydroxyl groups excluding tert-OH is 1. The Morgan fingerprint density at radius 2 is 1.60 bits per heavy atom.